The zero-order valence-electron chi connectivity index (χ0n) is 9.82. The molecule has 0 amide bonds. The number of pyridine rings is 1. The molecule has 0 atom stereocenters. The molecule has 0 radical (unpaired) electrons. The van der Waals surface area contributed by atoms with Crippen molar-refractivity contribution in [2.45, 2.75) is 12.8 Å². The number of hydrogen-bond donors (Lipinski definition) is 1. The molecule has 0 unspecified atom stereocenters. The molecular weight excluding hydrogens is 248 g/mol. The summed E-state index contributed by atoms with van der Waals surface area (Å²) in [5, 5.41) is 3.89. The third kappa shape index (κ3) is 2.14. The molecule has 0 aliphatic carbocycles. The van der Waals surface area contributed by atoms with Gasteiger partial charge in [-0.05, 0) is 36.6 Å². The number of ether oxygens (including phenoxy) is 1. The van der Waals surface area contributed by atoms with Gasteiger partial charge in [0.2, 0.25) is 5.88 Å². The molecular formula is C14H13ClN2O. The van der Waals surface area contributed by atoms with E-state index in [2.05, 4.69) is 16.4 Å². The predicted molar refractivity (Wildman–Crippen MR) is 72.6 cm³/mol. The van der Waals surface area contributed by atoms with Gasteiger partial charge in [0.25, 0.3) is 0 Å². The van der Waals surface area contributed by atoms with E-state index in [4.69, 9.17) is 16.3 Å². The Labute approximate surface area is 111 Å². The zero-order chi connectivity index (χ0) is 12.4. The third-order valence-corrected chi connectivity index (χ3v) is 3.26. The van der Waals surface area contributed by atoms with Crippen LogP contribution in [0.2, 0.25) is 5.02 Å². The van der Waals surface area contributed by atoms with E-state index < -0.39 is 0 Å². The lowest BCUT2D eigenvalue weighted by molar-refractivity contribution is 0.463. The van der Waals surface area contributed by atoms with Crippen LogP contribution in [0, 0.1) is 0 Å². The van der Waals surface area contributed by atoms with E-state index in [9.17, 15) is 0 Å². The lowest BCUT2D eigenvalue weighted by Gasteiger charge is -2.20. The lowest BCUT2D eigenvalue weighted by atomic mass is 10.0. The summed E-state index contributed by atoms with van der Waals surface area (Å²) in [7, 11) is 0. The molecule has 0 fully saturated rings. The Morgan fingerprint density at radius 3 is 3.06 bits per heavy atom. The molecule has 0 saturated carbocycles. The Hall–Kier alpha value is -1.74. The van der Waals surface area contributed by atoms with Crippen LogP contribution in [0.25, 0.3) is 0 Å². The monoisotopic (exact) mass is 260 g/mol. The highest BCUT2D eigenvalue weighted by Crippen LogP contribution is 2.36. The van der Waals surface area contributed by atoms with Gasteiger partial charge in [-0.15, -0.1) is 0 Å². The van der Waals surface area contributed by atoms with E-state index in [1.807, 2.05) is 12.1 Å². The molecule has 92 valence electrons. The Morgan fingerprint density at radius 2 is 2.17 bits per heavy atom. The fourth-order valence-electron chi connectivity index (χ4n) is 2.11. The second-order valence-corrected chi connectivity index (χ2v) is 4.62. The average Bonchev–Trinajstić information content (AvgIpc) is 2.42. The number of hydrogen-bond acceptors (Lipinski definition) is 3. The highest BCUT2D eigenvalue weighted by molar-refractivity contribution is 6.31. The van der Waals surface area contributed by atoms with Crippen molar-refractivity contribution in [3.05, 3.63) is 47.1 Å². The molecule has 0 saturated heterocycles. The molecule has 1 aliphatic heterocycles. The fraction of sp³-hybridized carbons (Fsp3) is 0.214. The number of rotatable bonds is 2. The quantitative estimate of drug-likeness (QED) is 0.890. The molecule has 1 aliphatic rings. The van der Waals surface area contributed by atoms with Gasteiger partial charge in [0.05, 0.1) is 5.69 Å². The third-order valence-electron chi connectivity index (χ3n) is 2.97. The number of nitrogens with one attached hydrogen (secondary N) is 1. The molecule has 1 aromatic carbocycles. The molecule has 2 aromatic rings. The van der Waals surface area contributed by atoms with Crippen LogP contribution in [0.1, 0.15) is 12.0 Å². The maximum absolute atomic E-state index is 6.05. The van der Waals surface area contributed by atoms with E-state index in [0.29, 0.717) is 10.9 Å². The van der Waals surface area contributed by atoms with Crippen molar-refractivity contribution >= 4 is 17.3 Å². The zero-order valence-corrected chi connectivity index (χ0v) is 10.6. The van der Waals surface area contributed by atoms with Gasteiger partial charge < -0.3 is 10.1 Å². The van der Waals surface area contributed by atoms with E-state index >= 15 is 0 Å². The van der Waals surface area contributed by atoms with Gasteiger partial charge in [-0.1, -0.05) is 23.7 Å². The Balaban J connectivity index is 1.96. The summed E-state index contributed by atoms with van der Waals surface area (Å²) in [5.74, 6) is 1.23. The van der Waals surface area contributed by atoms with Gasteiger partial charge in [-0.25, -0.2) is 4.98 Å². The summed E-state index contributed by atoms with van der Waals surface area (Å²) in [6, 6.07) is 9.61. The van der Waals surface area contributed by atoms with Crippen LogP contribution in [0.4, 0.5) is 5.69 Å². The van der Waals surface area contributed by atoms with Gasteiger partial charge in [0, 0.05) is 12.7 Å². The molecule has 2 heterocycles. The smallest absolute Gasteiger partial charge is 0.238 e. The first-order valence-electron chi connectivity index (χ1n) is 5.99. The highest BCUT2D eigenvalue weighted by atomic mass is 35.5. The SMILES string of the molecule is Clc1cccnc1Oc1cccc2c1NCCC2. The van der Waals surface area contributed by atoms with Crippen LogP contribution >= 0.6 is 11.6 Å². The van der Waals surface area contributed by atoms with E-state index in [1.165, 1.54) is 5.56 Å². The van der Waals surface area contributed by atoms with Gasteiger partial charge in [0.15, 0.2) is 5.75 Å². The summed E-state index contributed by atoms with van der Waals surface area (Å²) in [4.78, 5) is 4.14. The molecule has 3 rings (SSSR count). The summed E-state index contributed by atoms with van der Waals surface area (Å²) in [6.07, 6.45) is 3.90. The summed E-state index contributed by atoms with van der Waals surface area (Å²) in [5.41, 5.74) is 2.34. The molecule has 18 heavy (non-hydrogen) atoms. The van der Waals surface area contributed by atoms with Gasteiger partial charge in [-0.3, -0.25) is 0 Å². The number of aryl methyl sites for hydroxylation is 1. The fourth-order valence-corrected chi connectivity index (χ4v) is 2.27. The van der Waals surface area contributed by atoms with Crippen LogP contribution in [0.3, 0.4) is 0 Å². The Bertz CT molecular complexity index is 571. The summed E-state index contributed by atoms with van der Waals surface area (Å²) in [6.45, 7) is 0.976. The topological polar surface area (TPSA) is 34.1 Å². The highest BCUT2D eigenvalue weighted by Gasteiger charge is 2.14. The second-order valence-electron chi connectivity index (χ2n) is 4.21. The first-order valence-corrected chi connectivity index (χ1v) is 6.36. The van der Waals surface area contributed by atoms with Crippen molar-refractivity contribution in [2.75, 3.05) is 11.9 Å². The number of aromatic nitrogens is 1. The first kappa shape index (κ1) is 11.4. The Kier molecular flexibility index (Phi) is 3.07. The lowest BCUT2D eigenvalue weighted by Crippen LogP contribution is -2.12. The van der Waals surface area contributed by atoms with Crippen molar-refractivity contribution in [3.63, 3.8) is 0 Å². The molecule has 1 aromatic heterocycles. The maximum Gasteiger partial charge on any atom is 0.238 e. The van der Waals surface area contributed by atoms with Crippen molar-refractivity contribution in [1.82, 2.24) is 4.98 Å². The van der Waals surface area contributed by atoms with Crippen molar-refractivity contribution in [1.29, 1.82) is 0 Å². The molecule has 0 spiro atoms. The molecule has 3 nitrogen and oxygen atoms in total. The minimum Gasteiger partial charge on any atom is -0.435 e. The molecule has 1 N–H and O–H groups in total. The van der Waals surface area contributed by atoms with Crippen LogP contribution in [0.15, 0.2) is 36.5 Å². The minimum atomic E-state index is 0.444. The number of nitrogens with zero attached hydrogens (tertiary/aromatic N) is 1. The summed E-state index contributed by atoms with van der Waals surface area (Å²) < 4.78 is 5.80. The van der Waals surface area contributed by atoms with Gasteiger partial charge in [0.1, 0.15) is 5.02 Å². The van der Waals surface area contributed by atoms with Crippen LogP contribution in [-0.4, -0.2) is 11.5 Å². The number of halogens is 1. The predicted octanol–water partition coefficient (Wildman–Crippen LogP) is 3.89. The number of benzene rings is 1. The molecule has 4 heteroatoms. The van der Waals surface area contributed by atoms with Crippen LogP contribution in [-0.2, 0) is 6.42 Å². The van der Waals surface area contributed by atoms with Crippen molar-refractivity contribution in [3.8, 4) is 11.6 Å². The van der Waals surface area contributed by atoms with Gasteiger partial charge in [-0.2, -0.15) is 0 Å². The van der Waals surface area contributed by atoms with E-state index in [0.717, 1.165) is 30.8 Å². The standard InChI is InChI=1S/C14H13ClN2O/c15-11-6-3-9-17-14(11)18-12-7-1-4-10-5-2-8-16-13(10)12/h1,3-4,6-7,9,16H,2,5,8H2. The minimum absolute atomic E-state index is 0.444. The average molecular weight is 261 g/mol. The van der Waals surface area contributed by atoms with Gasteiger partial charge >= 0.3 is 0 Å². The van der Waals surface area contributed by atoms with Crippen LogP contribution < -0.4 is 10.1 Å². The van der Waals surface area contributed by atoms with E-state index in [-0.39, 0.29) is 0 Å². The number of anilines is 1. The normalized spacial score (nSPS) is 13.6. The number of para-hydroxylation sites is 1. The van der Waals surface area contributed by atoms with Crippen LogP contribution in [0.5, 0.6) is 11.6 Å². The maximum atomic E-state index is 6.05. The summed E-state index contributed by atoms with van der Waals surface area (Å²) >= 11 is 6.05. The van der Waals surface area contributed by atoms with E-state index in [1.54, 1.807) is 18.3 Å². The molecule has 0 bridgehead atoms. The first-order chi connectivity index (χ1) is 8.84. The number of fused-ring (bicyclic) bond motifs is 1. The van der Waals surface area contributed by atoms with Crippen molar-refractivity contribution in [2.24, 2.45) is 0 Å². The Morgan fingerprint density at radius 1 is 1.22 bits per heavy atom. The largest absolute Gasteiger partial charge is 0.435 e. The second kappa shape index (κ2) is 4.86. The van der Waals surface area contributed by atoms with Crippen molar-refractivity contribution < 1.29 is 4.74 Å².